The second-order valence-electron chi connectivity index (χ2n) is 6.91. The molecule has 2 amide bonds. The van der Waals surface area contributed by atoms with E-state index in [-0.39, 0.29) is 18.2 Å². The minimum Gasteiger partial charge on any atom is -0.497 e. The standard InChI is InChI=1S/C25H25N3O4/c1-31-21-13-14-23(32-2)20(15-21)17-26-28-24(29)16-22(18-9-5-3-6-10-18)27-25(30)19-11-7-4-8-12-19/h3-15,17,22H,16H2,1-2H3,(H,27,30)(H,28,29)/b26-17-/t22-/m1/s1. The van der Waals surface area contributed by atoms with E-state index < -0.39 is 6.04 Å². The number of nitrogens with zero attached hydrogens (tertiary/aromatic N) is 1. The minimum atomic E-state index is -0.509. The van der Waals surface area contributed by atoms with Crippen LogP contribution in [0, 0.1) is 0 Å². The largest absolute Gasteiger partial charge is 0.497 e. The van der Waals surface area contributed by atoms with Crippen molar-refractivity contribution in [2.75, 3.05) is 14.2 Å². The molecular weight excluding hydrogens is 406 g/mol. The number of hydrogen-bond acceptors (Lipinski definition) is 5. The first kappa shape index (κ1) is 22.6. The smallest absolute Gasteiger partial charge is 0.251 e. The van der Waals surface area contributed by atoms with E-state index in [4.69, 9.17) is 9.47 Å². The van der Waals surface area contributed by atoms with Gasteiger partial charge in [-0.1, -0.05) is 48.5 Å². The summed E-state index contributed by atoms with van der Waals surface area (Å²) in [5, 5.41) is 6.97. The Bertz CT molecular complexity index is 1070. The monoisotopic (exact) mass is 431 g/mol. The van der Waals surface area contributed by atoms with Crippen LogP contribution < -0.4 is 20.2 Å². The van der Waals surface area contributed by atoms with Crippen molar-refractivity contribution in [1.82, 2.24) is 10.7 Å². The molecule has 3 aromatic carbocycles. The number of amides is 2. The lowest BCUT2D eigenvalue weighted by Gasteiger charge is -2.18. The van der Waals surface area contributed by atoms with Crippen molar-refractivity contribution in [3.05, 3.63) is 95.6 Å². The fourth-order valence-corrected chi connectivity index (χ4v) is 3.11. The minimum absolute atomic E-state index is 0.0230. The van der Waals surface area contributed by atoms with Crippen molar-refractivity contribution in [3.63, 3.8) is 0 Å². The van der Waals surface area contributed by atoms with E-state index >= 15 is 0 Å². The molecule has 0 saturated carbocycles. The number of hydrogen-bond donors (Lipinski definition) is 2. The van der Waals surface area contributed by atoms with Gasteiger partial charge < -0.3 is 14.8 Å². The summed E-state index contributed by atoms with van der Waals surface area (Å²) in [6, 6.07) is 23.0. The van der Waals surface area contributed by atoms with Crippen LogP contribution >= 0.6 is 0 Å². The van der Waals surface area contributed by atoms with Gasteiger partial charge in [-0.25, -0.2) is 5.43 Å². The molecule has 0 fully saturated rings. The van der Waals surface area contributed by atoms with Crippen molar-refractivity contribution in [1.29, 1.82) is 0 Å². The molecule has 0 aliphatic rings. The zero-order valence-corrected chi connectivity index (χ0v) is 17.9. The molecule has 7 nitrogen and oxygen atoms in total. The summed E-state index contributed by atoms with van der Waals surface area (Å²) in [4.78, 5) is 25.2. The molecule has 0 spiro atoms. The Labute approximate surface area is 187 Å². The second kappa shape index (κ2) is 11.3. The first-order chi connectivity index (χ1) is 15.6. The molecule has 0 unspecified atom stereocenters. The first-order valence-corrected chi connectivity index (χ1v) is 10.1. The molecule has 2 N–H and O–H groups in total. The summed E-state index contributed by atoms with van der Waals surface area (Å²) in [5.74, 6) is 0.648. The second-order valence-corrected chi connectivity index (χ2v) is 6.91. The number of nitrogens with one attached hydrogen (secondary N) is 2. The molecule has 32 heavy (non-hydrogen) atoms. The highest BCUT2D eigenvalue weighted by molar-refractivity contribution is 5.94. The van der Waals surface area contributed by atoms with E-state index in [1.807, 2.05) is 36.4 Å². The maximum Gasteiger partial charge on any atom is 0.251 e. The lowest BCUT2D eigenvalue weighted by molar-refractivity contribution is -0.121. The third-order valence-electron chi connectivity index (χ3n) is 4.76. The third kappa shape index (κ3) is 6.18. The predicted molar refractivity (Wildman–Crippen MR) is 123 cm³/mol. The Morgan fingerprint density at radius 3 is 2.28 bits per heavy atom. The number of carbonyl (C=O) groups is 2. The number of rotatable bonds is 9. The van der Waals surface area contributed by atoms with Crippen LogP contribution in [0.25, 0.3) is 0 Å². The summed E-state index contributed by atoms with van der Waals surface area (Å²) in [6.07, 6.45) is 1.51. The van der Waals surface area contributed by atoms with E-state index in [9.17, 15) is 9.59 Å². The fraction of sp³-hybridized carbons (Fsp3) is 0.160. The van der Waals surface area contributed by atoms with Gasteiger partial charge in [-0.2, -0.15) is 5.10 Å². The zero-order chi connectivity index (χ0) is 22.8. The van der Waals surface area contributed by atoms with E-state index in [2.05, 4.69) is 15.8 Å². The van der Waals surface area contributed by atoms with Gasteiger partial charge in [-0.15, -0.1) is 0 Å². The Balaban J connectivity index is 1.69. The van der Waals surface area contributed by atoms with Gasteiger partial charge >= 0.3 is 0 Å². The topological polar surface area (TPSA) is 89.0 Å². The van der Waals surface area contributed by atoms with Gasteiger partial charge in [0.2, 0.25) is 5.91 Å². The van der Waals surface area contributed by atoms with Crippen LogP contribution in [0.4, 0.5) is 0 Å². The van der Waals surface area contributed by atoms with Crippen LogP contribution in [-0.2, 0) is 4.79 Å². The highest BCUT2D eigenvalue weighted by Crippen LogP contribution is 2.22. The third-order valence-corrected chi connectivity index (χ3v) is 4.76. The van der Waals surface area contributed by atoms with Gasteiger partial charge in [0.15, 0.2) is 0 Å². The molecule has 7 heteroatoms. The number of hydrazone groups is 1. The molecule has 0 heterocycles. The van der Waals surface area contributed by atoms with Crippen molar-refractivity contribution >= 4 is 18.0 Å². The average molecular weight is 431 g/mol. The maximum atomic E-state index is 12.6. The molecule has 0 aliphatic carbocycles. The molecule has 0 radical (unpaired) electrons. The van der Waals surface area contributed by atoms with E-state index in [1.54, 1.807) is 56.7 Å². The lowest BCUT2D eigenvalue weighted by atomic mass is 10.0. The Kier molecular flexibility index (Phi) is 7.97. The molecule has 3 rings (SSSR count). The summed E-state index contributed by atoms with van der Waals surface area (Å²) >= 11 is 0. The predicted octanol–water partition coefficient (Wildman–Crippen LogP) is 3.72. The van der Waals surface area contributed by atoms with Gasteiger partial charge in [0.05, 0.1) is 32.9 Å². The van der Waals surface area contributed by atoms with Crippen molar-refractivity contribution in [2.24, 2.45) is 5.10 Å². The van der Waals surface area contributed by atoms with Gasteiger partial charge in [0.25, 0.3) is 5.91 Å². The van der Waals surface area contributed by atoms with Gasteiger partial charge in [-0.3, -0.25) is 9.59 Å². The molecule has 0 aliphatic heterocycles. The number of benzene rings is 3. The number of carbonyl (C=O) groups excluding carboxylic acids is 2. The average Bonchev–Trinajstić information content (AvgIpc) is 2.84. The fourth-order valence-electron chi connectivity index (χ4n) is 3.11. The number of methoxy groups -OCH3 is 2. The molecular formula is C25H25N3O4. The summed E-state index contributed by atoms with van der Waals surface area (Å²) in [5.41, 5.74) is 4.52. The molecule has 0 aromatic heterocycles. The highest BCUT2D eigenvalue weighted by Gasteiger charge is 2.19. The SMILES string of the molecule is COc1ccc(OC)c(/C=N\NC(=O)C[C@@H](NC(=O)c2ccccc2)c2ccccc2)c1. The Hall–Kier alpha value is -4.13. The van der Waals surface area contributed by atoms with Gasteiger partial charge in [0, 0.05) is 11.1 Å². The summed E-state index contributed by atoms with van der Waals surface area (Å²) < 4.78 is 10.5. The van der Waals surface area contributed by atoms with Crippen LogP contribution in [0.2, 0.25) is 0 Å². The maximum absolute atomic E-state index is 12.6. The van der Waals surface area contributed by atoms with E-state index in [1.165, 1.54) is 6.21 Å². The van der Waals surface area contributed by atoms with Crippen LogP contribution in [0.3, 0.4) is 0 Å². The highest BCUT2D eigenvalue weighted by atomic mass is 16.5. The van der Waals surface area contributed by atoms with E-state index in [0.29, 0.717) is 22.6 Å². The Morgan fingerprint density at radius 2 is 1.62 bits per heavy atom. The van der Waals surface area contributed by atoms with Crippen LogP contribution in [0.5, 0.6) is 11.5 Å². The van der Waals surface area contributed by atoms with Crippen LogP contribution in [-0.4, -0.2) is 32.2 Å². The molecule has 3 aromatic rings. The van der Waals surface area contributed by atoms with Crippen molar-refractivity contribution < 1.29 is 19.1 Å². The Morgan fingerprint density at radius 1 is 0.938 bits per heavy atom. The summed E-state index contributed by atoms with van der Waals surface area (Å²) in [7, 11) is 3.12. The lowest BCUT2D eigenvalue weighted by Crippen LogP contribution is -2.32. The van der Waals surface area contributed by atoms with Crippen molar-refractivity contribution in [2.45, 2.75) is 12.5 Å². The van der Waals surface area contributed by atoms with Crippen LogP contribution in [0.1, 0.15) is 33.9 Å². The zero-order valence-electron chi connectivity index (χ0n) is 17.9. The quantitative estimate of drug-likeness (QED) is 0.399. The number of ether oxygens (including phenoxy) is 2. The van der Waals surface area contributed by atoms with E-state index in [0.717, 1.165) is 5.56 Å². The first-order valence-electron chi connectivity index (χ1n) is 10.1. The molecule has 1 atom stereocenters. The summed E-state index contributed by atoms with van der Waals surface area (Å²) in [6.45, 7) is 0. The van der Waals surface area contributed by atoms with Gasteiger partial charge in [0.1, 0.15) is 11.5 Å². The molecule has 0 bridgehead atoms. The van der Waals surface area contributed by atoms with Crippen LogP contribution in [0.15, 0.2) is 84.0 Å². The van der Waals surface area contributed by atoms with Crippen molar-refractivity contribution in [3.8, 4) is 11.5 Å². The molecule has 0 saturated heterocycles. The molecule has 164 valence electrons. The van der Waals surface area contributed by atoms with Gasteiger partial charge in [-0.05, 0) is 35.9 Å². The normalized spacial score (nSPS) is 11.6.